The molecule has 0 aromatic carbocycles. The highest BCUT2D eigenvalue weighted by Crippen LogP contribution is 2.37. The molecule has 3 heteroatoms. The molecule has 2 atom stereocenters. The lowest BCUT2D eigenvalue weighted by atomic mass is 9.85. The molecule has 2 unspecified atom stereocenters. The summed E-state index contributed by atoms with van der Waals surface area (Å²) in [5, 5.41) is 13.2. The summed E-state index contributed by atoms with van der Waals surface area (Å²) in [6.07, 6.45) is 4.62. The Morgan fingerprint density at radius 2 is 2.24 bits per heavy atom. The van der Waals surface area contributed by atoms with Crippen LogP contribution in [0.15, 0.2) is 0 Å². The summed E-state index contributed by atoms with van der Waals surface area (Å²) in [6, 6.07) is 0. The van der Waals surface area contributed by atoms with E-state index in [1.807, 2.05) is 0 Å². The maximum atomic E-state index is 9.66. The lowest BCUT2D eigenvalue weighted by molar-refractivity contribution is 0.0690. The van der Waals surface area contributed by atoms with E-state index in [1.54, 1.807) is 0 Å². The number of ether oxygens (including phenoxy) is 1. The third-order valence-electron chi connectivity index (χ3n) is 3.83. The number of rotatable bonds is 8. The third kappa shape index (κ3) is 4.23. The molecule has 0 radical (unpaired) electrons. The number of aliphatic hydroxyl groups excluding tert-OH is 1. The first-order chi connectivity index (χ1) is 8.14. The number of nitrogens with one attached hydrogen (secondary N) is 1. The van der Waals surface area contributed by atoms with Crippen molar-refractivity contribution >= 4 is 0 Å². The second-order valence-corrected chi connectivity index (χ2v) is 5.69. The van der Waals surface area contributed by atoms with Gasteiger partial charge in [-0.2, -0.15) is 0 Å². The number of hydrogen-bond acceptors (Lipinski definition) is 3. The Balaban J connectivity index is 2.35. The topological polar surface area (TPSA) is 41.5 Å². The molecule has 0 amide bonds. The van der Waals surface area contributed by atoms with E-state index in [-0.39, 0.29) is 12.1 Å². The van der Waals surface area contributed by atoms with E-state index in [0.717, 1.165) is 32.6 Å². The molecule has 2 N–H and O–H groups in total. The fourth-order valence-corrected chi connectivity index (χ4v) is 2.96. The second kappa shape index (κ2) is 7.34. The van der Waals surface area contributed by atoms with Crippen molar-refractivity contribution in [3.8, 4) is 0 Å². The minimum Gasteiger partial charge on any atom is -0.394 e. The zero-order valence-electron chi connectivity index (χ0n) is 11.7. The summed E-state index contributed by atoms with van der Waals surface area (Å²) in [6.45, 7) is 9.33. The van der Waals surface area contributed by atoms with Crippen LogP contribution in [0.2, 0.25) is 0 Å². The van der Waals surface area contributed by atoms with Crippen LogP contribution in [-0.2, 0) is 4.74 Å². The van der Waals surface area contributed by atoms with E-state index < -0.39 is 0 Å². The normalized spacial score (nSPS) is 29.1. The second-order valence-electron chi connectivity index (χ2n) is 5.69. The predicted molar refractivity (Wildman–Crippen MR) is 71.1 cm³/mol. The zero-order chi connectivity index (χ0) is 12.7. The molecular weight excluding hydrogens is 214 g/mol. The summed E-state index contributed by atoms with van der Waals surface area (Å²) >= 11 is 0. The number of aliphatic hydroxyl groups is 1. The first-order valence-corrected chi connectivity index (χ1v) is 7.08. The Labute approximate surface area is 106 Å². The molecule has 17 heavy (non-hydrogen) atoms. The van der Waals surface area contributed by atoms with Gasteiger partial charge in [-0.05, 0) is 37.6 Å². The van der Waals surface area contributed by atoms with Gasteiger partial charge < -0.3 is 15.2 Å². The van der Waals surface area contributed by atoms with E-state index in [2.05, 4.69) is 26.1 Å². The van der Waals surface area contributed by atoms with Crippen molar-refractivity contribution < 1.29 is 9.84 Å². The summed E-state index contributed by atoms with van der Waals surface area (Å²) in [7, 11) is 0. The predicted octanol–water partition coefficient (Wildman–Crippen LogP) is 2.19. The van der Waals surface area contributed by atoms with Gasteiger partial charge in [-0.1, -0.05) is 27.2 Å². The Bertz CT molecular complexity index is 208. The Morgan fingerprint density at radius 1 is 1.47 bits per heavy atom. The van der Waals surface area contributed by atoms with Gasteiger partial charge in [-0.3, -0.25) is 0 Å². The van der Waals surface area contributed by atoms with E-state index in [9.17, 15) is 5.11 Å². The molecular formula is C14H29NO2. The van der Waals surface area contributed by atoms with Crippen LogP contribution in [0.25, 0.3) is 0 Å². The van der Waals surface area contributed by atoms with E-state index in [4.69, 9.17) is 4.74 Å². The maximum Gasteiger partial charge on any atom is 0.0616 e. The quantitative estimate of drug-likeness (QED) is 0.642. The van der Waals surface area contributed by atoms with Crippen molar-refractivity contribution in [1.82, 2.24) is 5.32 Å². The van der Waals surface area contributed by atoms with Crippen molar-refractivity contribution in [2.75, 3.05) is 26.4 Å². The van der Waals surface area contributed by atoms with Gasteiger partial charge in [0.05, 0.1) is 6.61 Å². The van der Waals surface area contributed by atoms with Crippen LogP contribution in [-0.4, -0.2) is 37.0 Å². The van der Waals surface area contributed by atoms with Crippen LogP contribution in [0.4, 0.5) is 0 Å². The largest absolute Gasteiger partial charge is 0.394 e. The Morgan fingerprint density at radius 3 is 2.82 bits per heavy atom. The maximum absolute atomic E-state index is 9.66. The fraction of sp³-hybridized carbons (Fsp3) is 1.00. The van der Waals surface area contributed by atoms with Gasteiger partial charge in [-0.25, -0.2) is 0 Å². The third-order valence-corrected chi connectivity index (χ3v) is 3.83. The highest BCUT2D eigenvalue weighted by atomic mass is 16.5. The van der Waals surface area contributed by atoms with E-state index in [1.165, 1.54) is 12.8 Å². The fourth-order valence-electron chi connectivity index (χ4n) is 2.96. The molecule has 0 bridgehead atoms. The molecule has 1 aliphatic carbocycles. The standard InChI is InChI=1S/C14H29NO2/c1-4-15-14(11-16)8-5-6-13(14)7-9-17-10-12(2)3/h12-13,15-16H,4-11H2,1-3H3. The van der Waals surface area contributed by atoms with E-state index >= 15 is 0 Å². The zero-order valence-corrected chi connectivity index (χ0v) is 11.7. The smallest absolute Gasteiger partial charge is 0.0616 e. The Hall–Kier alpha value is -0.120. The van der Waals surface area contributed by atoms with Crippen LogP contribution in [0.5, 0.6) is 0 Å². The first kappa shape index (κ1) is 14.9. The van der Waals surface area contributed by atoms with Crippen molar-refractivity contribution in [2.45, 2.75) is 52.0 Å². The average Bonchev–Trinajstić information content (AvgIpc) is 2.68. The summed E-state index contributed by atoms with van der Waals surface area (Å²) in [4.78, 5) is 0. The van der Waals surface area contributed by atoms with Gasteiger partial charge in [0.15, 0.2) is 0 Å². The molecule has 3 nitrogen and oxygen atoms in total. The molecule has 1 saturated carbocycles. The molecule has 0 heterocycles. The number of likely N-dealkylation sites (N-methyl/N-ethyl adjacent to an activating group) is 1. The minimum atomic E-state index is -0.0318. The van der Waals surface area contributed by atoms with Crippen molar-refractivity contribution in [2.24, 2.45) is 11.8 Å². The lowest BCUT2D eigenvalue weighted by Gasteiger charge is -2.35. The van der Waals surface area contributed by atoms with Gasteiger partial charge in [0.1, 0.15) is 0 Å². The molecule has 1 fully saturated rings. The molecule has 0 aromatic rings. The van der Waals surface area contributed by atoms with Crippen LogP contribution in [0.3, 0.4) is 0 Å². The molecule has 0 spiro atoms. The monoisotopic (exact) mass is 243 g/mol. The van der Waals surface area contributed by atoms with Gasteiger partial charge in [-0.15, -0.1) is 0 Å². The lowest BCUT2D eigenvalue weighted by Crippen LogP contribution is -2.51. The van der Waals surface area contributed by atoms with Gasteiger partial charge >= 0.3 is 0 Å². The highest BCUT2D eigenvalue weighted by molar-refractivity contribution is 4.98. The van der Waals surface area contributed by atoms with Crippen LogP contribution >= 0.6 is 0 Å². The van der Waals surface area contributed by atoms with Crippen LogP contribution in [0.1, 0.15) is 46.5 Å². The number of hydrogen-bond donors (Lipinski definition) is 2. The summed E-state index contributed by atoms with van der Waals surface area (Å²) in [5.41, 5.74) is -0.0318. The van der Waals surface area contributed by atoms with Crippen molar-refractivity contribution in [1.29, 1.82) is 0 Å². The molecule has 1 aliphatic rings. The van der Waals surface area contributed by atoms with Gasteiger partial charge in [0.2, 0.25) is 0 Å². The molecule has 0 aliphatic heterocycles. The molecule has 1 rings (SSSR count). The van der Waals surface area contributed by atoms with Crippen molar-refractivity contribution in [3.05, 3.63) is 0 Å². The minimum absolute atomic E-state index is 0.0318. The highest BCUT2D eigenvalue weighted by Gasteiger charge is 2.41. The molecule has 0 saturated heterocycles. The van der Waals surface area contributed by atoms with E-state index in [0.29, 0.717) is 11.8 Å². The van der Waals surface area contributed by atoms with Crippen LogP contribution in [0, 0.1) is 11.8 Å². The summed E-state index contributed by atoms with van der Waals surface area (Å²) in [5.74, 6) is 1.18. The Kier molecular flexibility index (Phi) is 6.45. The van der Waals surface area contributed by atoms with Gasteiger partial charge in [0, 0.05) is 18.8 Å². The molecule has 0 aromatic heterocycles. The summed E-state index contributed by atoms with van der Waals surface area (Å²) < 4.78 is 5.66. The van der Waals surface area contributed by atoms with Crippen molar-refractivity contribution in [3.63, 3.8) is 0 Å². The SMILES string of the molecule is CCNC1(CO)CCCC1CCOCC(C)C. The average molecular weight is 243 g/mol. The van der Waals surface area contributed by atoms with Crippen LogP contribution < -0.4 is 5.32 Å². The first-order valence-electron chi connectivity index (χ1n) is 7.08. The molecule has 102 valence electrons. The van der Waals surface area contributed by atoms with Gasteiger partial charge in [0.25, 0.3) is 0 Å².